The lowest BCUT2D eigenvalue weighted by atomic mass is 9.86. The predicted octanol–water partition coefficient (Wildman–Crippen LogP) is 7.07. The molecule has 1 aliphatic rings. The van der Waals surface area contributed by atoms with Crippen LogP contribution >= 0.6 is 0 Å². The first-order chi connectivity index (χ1) is 16.8. The molecule has 1 saturated carbocycles. The quantitative estimate of drug-likeness (QED) is 0.307. The van der Waals surface area contributed by atoms with Crippen molar-refractivity contribution in [3.8, 4) is 28.3 Å². The lowest BCUT2D eigenvalue weighted by Gasteiger charge is -2.25. The number of hydrogen-bond acceptors (Lipinski definition) is 3. The van der Waals surface area contributed by atoms with E-state index in [9.17, 15) is 23.1 Å². The first kappa shape index (κ1) is 22.8. The average Bonchev–Trinajstić information content (AvgIpc) is 3.17. The zero-order valence-electron chi connectivity index (χ0n) is 18.6. The Morgan fingerprint density at radius 2 is 1.57 bits per heavy atom. The lowest BCUT2D eigenvalue weighted by molar-refractivity contribution is -0.274. The van der Waals surface area contributed by atoms with Crippen LogP contribution in [0.4, 0.5) is 13.2 Å². The van der Waals surface area contributed by atoms with Gasteiger partial charge >= 0.3 is 12.3 Å². The minimum absolute atomic E-state index is 0.106. The summed E-state index contributed by atoms with van der Waals surface area (Å²) in [6, 6.07) is 19.9. The molecular weight excluding hydrogens is 459 g/mol. The molecule has 0 aliphatic heterocycles. The predicted molar refractivity (Wildman–Crippen MR) is 125 cm³/mol. The molecule has 180 valence electrons. The van der Waals surface area contributed by atoms with E-state index < -0.39 is 12.3 Å². The van der Waals surface area contributed by atoms with Crippen LogP contribution in [0.2, 0.25) is 0 Å². The van der Waals surface area contributed by atoms with E-state index in [4.69, 9.17) is 4.74 Å². The molecule has 0 saturated heterocycles. The Hall–Kier alpha value is -3.94. The fourth-order valence-electron chi connectivity index (χ4n) is 4.24. The van der Waals surface area contributed by atoms with Crippen molar-refractivity contribution in [1.29, 1.82) is 0 Å². The van der Waals surface area contributed by atoms with Crippen LogP contribution < -0.4 is 9.47 Å². The Balaban J connectivity index is 1.44. The molecule has 3 aromatic carbocycles. The molecule has 8 heteroatoms. The molecule has 0 radical (unpaired) electrons. The second-order valence-electron chi connectivity index (χ2n) is 8.62. The molecule has 1 fully saturated rings. The van der Waals surface area contributed by atoms with Crippen molar-refractivity contribution in [3.63, 3.8) is 0 Å². The summed E-state index contributed by atoms with van der Waals surface area (Å²) in [6.45, 7) is 0.693. The molecule has 1 N–H and O–H groups in total. The van der Waals surface area contributed by atoms with Crippen molar-refractivity contribution in [2.75, 3.05) is 6.61 Å². The molecule has 5 rings (SSSR count). The van der Waals surface area contributed by atoms with Crippen molar-refractivity contribution in [1.82, 2.24) is 4.57 Å². The molecule has 1 heterocycles. The molecule has 0 atom stereocenters. The minimum atomic E-state index is -4.75. The molecule has 35 heavy (non-hydrogen) atoms. The van der Waals surface area contributed by atoms with E-state index in [-0.39, 0.29) is 11.4 Å². The fraction of sp³-hybridized carbons (Fsp3) is 0.222. The highest BCUT2D eigenvalue weighted by Gasteiger charge is 2.31. The van der Waals surface area contributed by atoms with Crippen molar-refractivity contribution in [2.24, 2.45) is 5.92 Å². The maximum absolute atomic E-state index is 12.4. The number of fused-ring (bicyclic) bond motifs is 1. The summed E-state index contributed by atoms with van der Waals surface area (Å²) in [6.07, 6.45) is -1.10. The fourth-order valence-corrected chi connectivity index (χ4v) is 4.24. The Labute approximate surface area is 199 Å². The van der Waals surface area contributed by atoms with Crippen LogP contribution in [0.1, 0.15) is 29.8 Å². The molecule has 5 nitrogen and oxygen atoms in total. The van der Waals surface area contributed by atoms with Gasteiger partial charge in [-0.25, -0.2) is 4.79 Å². The molecule has 1 aliphatic carbocycles. The van der Waals surface area contributed by atoms with Gasteiger partial charge in [0.05, 0.1) is 12.1 Å². The number of rotatable bonds is 7. The van der Waals surface area contributed by atoms with Gasteiger partial charge in [-0.15, -0.1) is 13.2 Å². The van der Waals surface area contributed by atoms with Gasteiger partial charge in [0.25, 0.3) is 0 Å². The monoisotopic (exact) mass is 481 g/mol. The SMILES string of the molecule is O=C(O)c1cc2cc(-c3ccc(OC(F)(F)F)cc3)ccc2n1-c1ccc(OCC2CCC2)cc1. The molecule has 0 spiro atoms. The number of halogens is 3. The standard InChI is InChI=1S/C27H22F3NO4/c28-27(29,30)35-23-9-4-18(5-10-23)19-6-13-24-20(14-19)15-25(26(32)33)31(24)21-7-11-22(12-8-21)34-16-17-2-1-3-17/h4-15,17H,1-3,16H2,(H,32,33). The maximum Gasteiger partial charge on any atom is 0.573 e. The molecule has 0 unspecified atom stereocenters. The smallest absolute Gasteiger partial charge is 0.493 e. The third-order valence-corrected chi connectivity index (χ3v) is 6.25. The minimum Gasteiger partial charge on any atom is -0.493 e. The Morgan fingerprint density at radius 3 is 2.17 bits per heavy atom. The van der Waals surface area contributed by atoms with Crippen molar-refractivity contribution >= 4 is 16.9 Å². The van der Waals surface area contributed by atoms with Gasteiger partial charge in [-0.05, 0) is 84.5 Å². The molecule has 1 aromatic heterocycles. The van der Waals surface area contributed by atoms with E-state index in [1.165, 1.54) is 43.5 Å². The molecule has 4 aromatic rings. The summed E-state index contributed by atoms with van der Waals surface area (Å²) >= 11 is 0. The van der Waals surface area contributed by atoms with Crippen LogP contribution in [0.5, 0.6) is 11.5 Å². The Bertz CT molecular complexity index is 1350. The Kier molecular flexibility index (Phi) is 5.88. The van der Waals surface area contributed by atoms with E-state index in [1.54, 1.807) is 22.8 Å². The summed E-state index contributed by atoms with van der Waals surface area (Å²) in [5.41, 5.74) is 2.92. The molecular formula is C27H22F3NO4. The van der Waals surface area contributed by atoms with Gasteiger partial charge in [0.1, 0.15) is 17.2 Å². The zero-order chi connectivity index (χ0) is 24.6. The van der Waals surface area contributed by atoms with E-state index in [2.05, 4.69) is 4.74 Å². The number of carboxylic acids is 1. The van der Waals surface area contributed by atoms with Gasteiger partial charge in [0.2, 0.25) is 0 Å². The number of nitrogens with zero attached hydrogens (tertiary/aromatic N) is 1. The Morgan fingerprint density at radius 1 is 0.914 bits per heavy atom. The van der Waals surface area contributed by atoms with Crippen LogP contribution in [0.25, 0.3) is 27.7 Å². The van der Waals surface area contributed by atoms with Crippen LogP contribution in [-0.2, 0) is 0 Å². The number of carbonyl (C=O) groups is 1. The van der Waals surface area contributed by atoms with Gasteiger partial charge in [-0.2, -0.15) is 0 Å². The highest BCUT2D eigenvalue weighted by molar-refractivity contribution is 5.97. The number of alkyl halides is 3. The average molecular weight is 481 g/mol. The second-order valence-corrected chi connectivity index (χ2v) is 8.62. The number of aromatic carboxylic acids is 1. The third kappa shape index (κ3) is 4.96. The van der Waals surface area contributed by atoms with E-state index in [0.29, 0.717) is 34.7 Å². The summed E-state index contributed by atoms with van der Waals surface area (Å²) < 4.78 is 48.7. The van der Waals surface area contributed by atoms with Crippen molar-refractivity contribution in [2.45, 2.75) is 25.6 Å². The molecule has 0 bridgehead atoms. The zero-order valence-corrected chi connectivity index (χ0v) is 18.6. The molecule has 0 amide bonds. The second kappa shape index (κ2) is 9.02. The van der Waals surface area contributed by atoms with Crippen LogP contribution in [0.3, 0.4) is 0 Å². The van der Waals surface area contributed by atoms with Crippen LogP contribution in [0, 0.1) is 5.92 Å². The summed E-state index contributed by atoms with van der Waals surface area (Å²) in [4.78, 5) is 12.0. The highest BCUT2D eigenvalue weighted by Crippen LogP contribution is 2.32. The maximum atomic E-state index is 12.4. The summed E-state index contributed by atoms with van der Waals surface area (Å²) in [5, 5.41) is 10.5. The van der Waals surface area contributed by atoms with Gasteiger partial charge in [0.15, 0.2) is 0 Å². The number of ether oxygens (including phenoxy) is 2. The number of benzene rings is 3. The topological polar surface area (TPSA) is 60.7 Å². The first-order valence-electron chi connectivity index (χ1n) is 11.2. The van der Waals surface area contributed by atoms with Gasteiger partial charge in [0, 0.05) is 11.1 Å². The highest BCUT2D eigenvalue weighted by atomic mass is 19.4. The number of carboxylic acid groups (broad SMARTS) is 1. The number of hydrogen-bond donors (Lipinski definition) is 1. The van der Waals surface area contributed by atoms with Gasteiger partial charge in [-0.3, -0.25) is 0 Å². The van der Waals surface area contributed by atoms with E-state index in [1.807, 2.05) is 30.3 Å². The first-order valence-corrected chi connectivity index (χ1v) is 11.2. The summed E-state index contributed by atoms with van der Waals surface area (Å²) in [5.74, 6) is -0.0121. The number of aromatic nitrogens is 1. The lowest BCUT2D eigenvalue weighted by Crippen LogP contribution is -2.19. The van der Waals surface area contributed by atoms with Gasteiger partial charge in [-0.1, -0.05) is 24.6 Å². The van der Waals surface area contributed by atoms with Gasteiger partial charge < -0.3 is 19.1 Å². The normalized spacial score (nSPS) is 14.0. The van der Waals surface area contributed by atoms with Crippen LogP contribution in [-0.4, -0.2) is 28.6 Å². The largest absolute Gasteiger partial charge is 0.573 e. The van der Waals surface area contributed by atoms with E-state index >= 15 is 0 Å². The third-order valence-electron chi connectivity index (χ3n) is 6.25. The van der Waals surface area contributed by atoms with Crippen LogP contribution in [0.15, 0.2) is 72.8 Å². The van der Waals surface area contributed by atoms with Crippen molar-refractivity contribution in [3.05, 3.63) is 78.5 Å². The summed E-state index contributed by atoms with van der Waals surface area (Å²) in [7, 11) is 0. The van der Waals surface area contributed by atoms with Crippen molar-refractivity contribution < 1.29 is 32.5 Å². The van der Waals surface area contributed by atoms with E-state index in [0.717, 1.165) is 11.3 Å².